The second kappa shape index (κ2) is 5.75. The van der Waals surface area contributed by atoms with Gasteiger partial charge in [-0.1, -0.05) is 19.1 Å². The van der Waals surface area contributed by atoms with E-state index in [0.717, 1.165) is 18.1 Å². The molecule has 0 saturated heterocycles. The van der Waals surface area contributed by atoms with Gasteiger partial charge in [0.2, 0.25) is 0 Å². The van der Waals surface area contributed by atoms with Crippen molar-refractivity contribution in [1.82, 2.24) is 29.9 Å². The average molecular weight is 276 g/mol. The molecule has 0 saturated carbocycles. The molecule has 0 bridgehead atoms. The molecule has 0 aliphatic carbocycles. The van der Waals surface area contributed by atoms with Crippen LogP contribution in [0.3, 0.4) is 0 Å². The number of aromatic nitrogens is 5. The van der Waals surface area contributed by atoms with E-state index >= 15 is 0 Å². The van der Waals surface area contributed by atoms with E-state index in [1.165, 1.54) is 0 Å². The van der Waals surface area contributed by atoms with Gasteiger partial charge in [-0.3, -0.25) is 0 Å². The maximum Gasteiger partial charge on any atom is 0.130 e. The first kappa shape index (κ1) is 14.7. The van der Waals surface area contributed by atoms with Gasteiger partial charge in [0.15, 0.2) is 0 Å². The number of hydrogen-bond acceptors (Lipinski definition) is 4. The van der Waals surface area contributed by atoms with E-state index in [1.807, 2.05) is 28.7 Å². The van der Waals surface area contributed by atoms with Gasteiger partial charge >= 0.3 is 0 Å². The van der Waals surface area contributed by atoms with Gasteiger partial charge in [-0.25, -0.2) is 9.67 Å². The summed E-state index contributed by atoms with van der Waals surface area (Å²) in [7, 11) is 1.98. The maximum absolute atomic E-state index is 4.30. The number of nitrogens with zero attached hydrogens (tertiary/aromatic N) is 5. The Labute approximate surface area is 120 Å². The summed E-state index contributed by atoms with van der Waals surface area (Å²) >= 11 is 0. The highest BCUT2D eigenvalue weighted by Gasteiger charge is 2.23. The summed E-state index contributed by atoms with van der Waals surface area (Å²) in [6.07, 6.45) is 5.71. The third kappa shape index (κ3) is 3.45. The van der Waals surface area contributed by atoms with Crippen molar-refractivity contribution >= 4 is 0 Å². The van der Waals surface area contributed by atoms with Crippen LogP contribution >= 0.6 is 0 Å². The van der Waals surface area contributed by atoms with E-state index in [-0.39, 0.29) is 5.54 Å². The molecule has 0 radical (unpaired) electrons. The molecule has 0 aliphatic rings. The molecular weight excluding hydrogens is 252 g/mol. The molecule has 6 heteroatoms. The molecule has 2 rings (SSSR count). The van der Waals surface area contributed by atoms with Crippen molar-refractivity contribution in [1.29, 1.82) is 0 Å². The summed E-state index contributed by atoms with van der Waals surface area (Å²) in [6.45, 7) is 10.2. The molecule has 2 heterocycles. The van der Waals surface area contributed by atoms with Gasteiger partial charge in [0, 0.05) is 19.4 Å². The van der Waals surface area contributed by atoms with Crippen molar-refractivity contribution in [3.8, 4) is 0 Å². The highest BCUT2D eigenvalue weighted by molar-refractivity contribution is 5.08. The Morgan fingerprint density at radius 2 is 2.10 bits per heavy atom. The number of rotatable bonds is 6. The number of aryl methyl sites for hydroxylation is 1. The summed E-state index contributed by atoms with van der Waals surface area (Å²) in [5.41, 5.74) is 0.775. The van der Waals surface area contributed by atoms with E-state index in [1.54, 1.807) is 6.20 Å². The fourth-order valence-electron chi connectivity index (χ4n) is 1.91. The van der Waals surface area contributed by atoms with Crippen LogP contribution in [0, 0.1) is 5.92 Å². The zero-order valence-electron chi connectivity index (χ0n) is 13.0. The van der Waals surface area contributed by atoms with Crippen molar-refractivity contribution in [2.75, 3.05) is 6.54 Å². The SMILES string of the molecule is CC(C)CNC(C)(C)c1cn(Cc2nccn2C)nn1. The first-order chi connectivity index (χ1) is 9.38. The van der Waals surface area contributed by atoms with E-state index in [0.29, 0.717) is 12.5 Å². The number of hydrogen-bond donors (Lipinski definition) is 1. The fraction of sp³-hybridized carbons (Fsp3) is 0.643. The standard InChI is InChI=1S/C14H24N6/c1-11(2)8-16-14(3,4)12-9-20(18-17-12)10-13-15-6-7-19(13)5/h6-7,9,11,16H,8,10H2,1-5H3. The average Bonchev–Trinajstić information content (AvgIpc) is 2.98. The van der Waals surface area contributed by atoms with E-state index in [9.17, 15) is 0 Å². The lowest BCUT2D eigenvalue weighted by Gasteiger charge is -2.24. The molecule has 20 heavy (non-hydrogen) atoms. The van der Waals surface area contributed by atoms with Gasteiger partial charge in [-0.15, -0.1) is 5.10 Å². The van der Waals surface area contributed by atoms with Gasteiger partial charge in [0.05, 0.1) is 11.7 Å². The molecule has 0 unspecified atom stereocenters. The van der Waals surface area contributed by atoms with Crippen LogP contribution in [0.15, 0.2) is 18.6 Å². The minimum absolute atomic E-state index is 0.176. The Kier molecular flexibility index (Phi) is 4.23. The Bertz CT molecular complexity index is 552. The second-order valence-corrected chi connectivity index (χ2v) is 6.16. The molecule has 2 aromatic rings. The zero-order chi connectivity index (χ0) is 14.8. The van der Waals surface area contributed by atoms with Crippen LogP contribution in [0.1, 0.15) is 39.2 Å². The van der Waals surface area contributed by atoms with E-state index in [2.05, 4.69) is 48.3 Å². The molecule has 0 spiro atoms. The third-order valence-corrected chi connectivity index (χ3v) is 3.36. The summed E-state index contributed by atoms with van der Waals surface area (Å²) < 4.78 is 3.82. The lowest BCUT2D eigenvalue weighted by Crippen LogP contribution is -2.39. The zero-order valence-corrected chi connectivity index (χ0v) is 13.0. The Hall–Kier alpha value is -1.69. The lowest BCUT2D eigenvalue weighted by molar-refractivity contribution is 0.365. The van der Waals surface area contributed by atoms with Gasteiger partial charge in [-0.05, 0) is 26.3 Å². The molecule has 110 valence electrons. The van der Waals surface area contributed by atoms with Gasteiger partial charge in [-0.2, -0.15) is 0 Å². The molecule has 6 nitrogen and oxygen atoms in total. The van der Waals surface area contributed by atoms with Crippen LogP contribution in [0.4, 0.5) is 0 Å². The van der Waals surface area contributed by atoms with Crippen LogP contribution < -0.4 is 5.32 Å². The minimum Gasteiger partial charge on any atom is -0.336 e. The molecule has 0 atom stereocenters. The van der Waals surface area contributed by atoms with Crippen LogP contribution in [0.5, 0.6) is 0 Å². The molecule has 0 aromatic carbocycles. The number of imidazole rings is 1. The summed E-state index contributed by atoms with van der Waals surface area (Å²) in [4.78, 5) is 4.30. The molecular formula is C14H24N6. The van der Waals surface area contributed by atoms with Crippen molar-refractivity contribution < 1.29 is 0 Å². The molecule has 1 N–H and O–H groups in total. The maximum atomic E-state index is 4.30. The monoisotopic (exact) mass is 276 g/mol. The first-order valence-electron chi connectivity index (χ1n) is 7.00. The lowest BCUT2D eigenvalue weighted by atomic mass is 10.0. The Balaban J connectivity index is 2.06. The summed E-state index contributed by atoms with van der Waals surface area (Å²) in [5, 5.41) is 12.0. The third-order valence-electron chi connectivity index (χ3n) is 3.36. The second-order valence-electron chi connectivity index (χ2n) is 6.16. The minimum atomic E-state index is -0.176. The topological polar surface area (TPSA) is 60.6 Å². The van der Waals surface area contributed by atoms with E-state index < -0.39 is 0 Å². The van der Waals surface area contributed by atoms with Crippen LogP contribution in [-0.2, 0) is 19.1 Å². The van der Waals surface area contributed by atoms with Crippen molar-refractivity contribution in [2.24, 2.45) is 13.0 Å². The first-order valence-corrected chi connectivity index (χ1v) is 7.00. The van der Waals surface area contributed by atoms with Crippen LogP contribution in [0.2, 0.25) is 0 Å². The smallest absolute Gasteiger partial charge is 0.130 e. The molecule has 2 aromatic heterocycles. The Morgan fingerprint density at radius 1 is 1.35 bits per heavy atom. The highest BCUT2D eigenvalue weighted by atomic mass is 15.4. The summed E-state index contributed by atoms with van der Waals surface area (Å²) in [6, 6.07) is 0. The van der Waals surface area contributed by atoms with Gasteiger partial charge < -0.3 is 9.88 Å². The Morgan fingerprint density at radius 3 is 2.70 bits per heavy atom. The largest absolute Gasteiger partial charge is 0.336 e. The molecule has 0 amide bonds. The quantitative estimate of drug-likeness (QED) is 0.869. The van der Waals surface area contributed by atoms with Gasteiger partial charge in [0.25, 0.3) is 0 Å². The predicted octanol–water partition coefficient (Wildman–Crippen LogP) is 1.54. The molecule has 0 fully saturated rings. The number of nitrogens with one attached hydrogen (secondary N) is 1. The summed E-state index contributed by atoms with van der Waals surface area (Å²) in [5.74, 6) is 1.58. The van der Waals surface area contributed by atoms with Crippen molar-refractivity contribution in [3.05, 3.63) is 30.1 Å². The van der Waals surface area contributed by atoms with Crippen molar-refractivity contribution in [3.63, 3.8) is 0 Å². The van der Waals surface area contributed by atoms with E-state index in [4.69, 9.17) is 0 Å². The fourth-order valence-corrected chi connectivity index (χ4v) is 1.91. The highest BCUT2D eigenvalue weighted by Crippen LogP contribution is 2.17. The van der Waals surface area contributed by atoms with Crippen molar-refractivity contribution in [2.45, 2.75) is 39.8 Å². The normalized spacial score (nSPS) is 12.3. The molecule has 0 aliphatic heterocycles. The van der Waals surface area contributed by atoms with Gasteiger partial charge in [0.1, 0.15) is 18.1 Å². The van der Waals surface area contributed by atoms with Crippen LogP contribution in [0.25, 0.3) is 0 Å². The van der Waals surface area contributed by atoms with Crippen LogP contribution in [-0.4, -0.2) is 31.1 Å². The predicted molar refractivity (Wildman–Crippen MR) is 78.2 cm³/mol.